The number of aromatic nitrogens is 1. The van der Waals surface area contributed by atoms with Crippen molar-refractivity contribution in [2.75, 3.05) is 26.2 Å². The van der Waals surface area contributed by atoms with Gasteiger partial charge in [-0.1, -0.05) is 12.1 Å². The Morgan fingerprint density at radius 3 is 2.30 bits per heavy atom. The third kappa shape index (κ3) is 3.87. The van der Waals surface area contributed by atoms with Gasteiger partial charge in [-0.05, 0) is 31.9 Å². The molecule has 1 saturated carbocycles. The van der Waals surface area contributed by atoms with Crippen LogP contribution in [0.5, 0.6) is 0 Å². The van der Waals surface area contributed by atoms with Crippen LogP contribution in [0.3, 0.4) is 0 Å². The molecule has 1 aliphatic heterocycles. The minimum atomic E-state index is -4.36. The highest BCUT2D eigenvalue weighted by atomic mass is 32.1. The maximum Gasteiger partial charge on any atom is 0.416 e. The number of aryl methyl sites for hydroxylation is 1. The van der Waals surface area contributed by atoms with Gasteiger partial charge in [-0.25, -0.2) is 4.98 Å². The van der Waals surface area contributed by atoms with E-state index in [1.165, 1.54) is 36.3 Å². The molecule has 2 fully saturated rings. The first-order valence-corrected chi connectivity index (χ1v) is 9.83. The van der Waals surface area contributed by atoms with Crippen molar-refractivity contribution in [3.63, 3.8) is 0 Å². The molecule has 4 nitrogen and oxygen atoms in total. The predicted molar refractivity (Wildman–Crippen MR) is 97.8 cm³/mol. The lowest BCUT2D eigenvalue weighted by Crippen LogP contribution is -2.49. The van der Waals surface area contributed by atoms with E-state index in [0.717, 1.165) is 25.2 Å². The van der Waals surface area contributed by atoms with Gasteiger partial charge in [-0.2, -0.15) is 13.2 Å². The zero-order valence-electron chi connectivity index (χ0n) is 14.9. The van der Waals surface area contributed by atoms with Crippen molar-refractivity contribution >= 4 is 17.2 Å². The van der Waals surface area contributed by atoms with E-state index < -0.39 is 11.7 Å². The molecule has 2 heterocycles. The zero-order valence-corrected chi connectivity index (χ0v) is 15.7. The first kappa shape index (κ1) is 18.4. The number of amides is 1. The molecule has 0 radical (unpaired) electrons. The van der Waals surface area contributed by atoms with E-state index in [1.807, 2.05) is 4.90 Å². The highest BCUT2D eigenvalue weighted by molar-refractivity contribution is 7.17. The Kier molecular flexibility index (Phi) is 4.71. The summed E-state index contributed by atoms with van der Waals surface area (Å²) in [6, 6.07) is 5.61. The van der Waals surface area contributed by atoms with Crippen LogP contribution in [0.4, 0.5) is 13.2 Å². The fourth-order valence-electron chi connectivity index (χ4n) is 3.39. The second-order valence-electron chi connectivity index (χ2n) is 7.07. The van der Waals surface area contributed by atoms with Gasteiger partial charge >= 0.3 is 6.18 Å². The number of hydrogen-bond donors (Lipinski definition) is 0. The molecule has 1 aromatic heterocycles. The highest BCUT2D eigenvalue weighted by Crippen LogP contribution is 2.33. The number of nitrogens with zero attached hydrogens (tertiary/aromatic N) is 3. The smallest absolute Gasteiger partial charge is 0.335 e. The summed E-state index contributed by atoms with van der Waals surface area (Å²) in [6.07, 6.45) is -1.84. The fourth-order valence-corrected chi connectivity index (χ4v) is 4.43. The largest absolute Gasteiger partial charge is 0.416 e. The number of carbonyl (C=O) groups is 1. The van der Waals surface area contributed by atoms with E-state index in [-0.39, 0.29) is 5.91 Å². The van der Waals surface area contributed by atoms with Gasteiger partial charge in [0.1, 0.15) is 9.88 Å². The Hall–Kier alpha value is -1.93. The van der Waals surface area contributed by atoms with Crippen LogP contribution in [-0.2, 0) is 6.18 Å². The minimum Gasteiger partial charge on any atom is -0.335 e. The predicted octanol–water partition coefficient (Wildman–Crippen LogP) is 4.06. The molecule has 1 amide bonds. The van der Waals surface area contributed by atoms with Gasteiger partial charge in [-0.15, -0.1) is 11.3 Å². The van der Waals surface area contributed by atoms with Crippen molar-refractivity contribution in [2.45, 2.75) is 32.0 Å². The molecule has 1 saturated heterocycles. The first-order valence-electron chi connectivity index (χ1n) is 9.01. The van der Waals surface area contributed by atoms with Crippen LogP contribution in [-0.4, -0.2) is 52.9 Å². The van der Waals surface area contributed by atoms with Crippen molar-refractivity contribution < 1.29 is 18.0 Å². The Morgan fingerprint density at radius 2 is 1.74 bits per heavy atom. The maximum atomic E-state index is 12.9. The van der Waals surface area contributed by atoms with E-state index in [2.05, 4.69) is 9.88 Å². The first-order chi connectivity index (χ1) is 12.8. The third-order valence-corrected chi connectivity index (χ3v) is 6.31. The third-order valence-electron chi connectivity index (χ3n) is 5.11. The van der Waals surface area contributed by atoms with Crippen LogP contribution >= 0.6 is 11.3 Å². The Labute approximate surface area is 159 Å². The second-order valence-corrected chi connectivity index (χ2v) is 8.07. The summed E-state index contributed by atoms with van der Waals surface area (Å²) in [7, 11) is 0. The average Bonchev–Trinajstić information content (AvgIpc) is 3.43. The summed E-state index contributed by atoms with van der Waals surface area (Å²) in [5.41, 5.74) is 0.530. The molecule has 0 spiro atoms. The van der Waals surface area contributed by atoms with E-state index in [0.29, 0.717) is 40.3 Å². The molecular weight excluding hydrogens is 375 g/mol. The molecule has 27 heavy (non-hydrogen) atoms. The quantitative estimate of drug-likeness (QED) is 0.787. The molecule has 8 heteroatoms. The molecule has 4 rings (SSSR count). The lowest BCUT2D eigenvalue weighted by Gasteiger charge is -2.34. The van der Waals surface area contributed by atoms with Crippen molar-refractivity contribution in [3.05, 3.63) is 40.4 Å². The van der Waals surface area contributed by atoms with Gasteiger partial charge in [-0.3, -0.25) is 9.69 Å². The lowest BCUT2D eigenvalue weighted by atomic mass is 10.1. The number of piperazine rings is 1. The molecule has 0 bridgehead atoms. The normalized spacial score (nSPS) is 18.7. The van der Waals surface area contributed by atoms with Gasteiger partial charge < -0.3 is 4.90 Å². The van der Waals surface area contributed by atoms with Crippen LogP contribution in [0.25, 0.3) is 10.6 Å². The summed E-state index contributed by atoms with van der Waals surface area (Å²) >= 11 is 1.25. The Balaban J connectivity index is 1.48. The van der Waals surface area contributed by atoms with Crippen LogP contribution in [0.1, 0.15) is 33.8 Å². The molecule has 1 aromatic carbocycles. The van der Waals surface area contributed by atoms with Gasteiger partial charge in [0, 0.05) is 37.8 Å². The monoisotopic (exact) mass is 395 g/mol. The fraction of sp³-hybridized carbons (Fsp3) is 0.474. The summed E-state index contributed by atoms with van der Waals surface area (Å²) in [5.74, 6) is -0.0291. The molecule has 0 unspecified atom stereocenters. The van der Waals surface area contributed by atoms with E-state index in [9.17, 15) is 18.0 Å². The number of halogens is 3. The standard InChI is InChI=1S/C19H20F3N3OS/c1-12-16(18(26)25-10-8-24(9-11-25)15-6-7-15)27-17(23-12)13-2-4-14(5-3-13)19(20,21)22/h2-5,15H,6-11H2,1H3. The van der Waals surface area contributed by atoms with Crippen LogP contribution < -0.4 is 0 Å². The summed E-state index contributed by atoms with van der Waals surface area (Å²) in [6.45, 7) is 5.00. The second kappa shape index (κ2) is 6.91. The highest BCUT2D eigenvalue weighted by Gasteiger charge is 2.33. The molecular formula is C19H20F3N3OS. The number of hydrogen-bond acceptors (Lipinski definition) is 4. The van der Waals surface area contributed by atoms with Crippen molar-refractivity contribution in [2.24, 2.45) is 0 Å². The lowest BCUT2D eigenvalue weighted by molar-refractivity contribution is -0.137. The molecule has 0 N–H and O–H groups in total. The van der Waals surface area contributed by atoms with E-state index in [4.69, 9.17) is 0 Å². The van der Waals surface area contributed by atoms with Gasteiger partial charge in [0.2, 0.25) is 0 Å². The SMILES string of the molecule is Cc1nc(-c2ccc(C(F)(F)F)cc2)sc1C(=O)N1CCN(C2CC2)CC1. The number of thiazole rings is 1. The molecule has 0 atom stereocenters. The molecule has 1 aliphatic carbocycles. The minimum absolute atomic E-state index is 0.0291. The Bertz CT molecular complexity index is 835. The van der Waals surface area contributed by atoms with Crippen molar-refractivity contribution in [1.82, 2.24) is 14.8 Å². The molecule has 2 aliphatic rings. The van der Waals surface area contributed by atoms with Gasteiger partial charge in [0.25, 0.3) is 5.91 Å². The Morgan fingerprint density at radius 1 is 1.11 bits per heavy atom. The summed E-state index contributed by atoms with van der Waals surface area (Å²) in [5, 5.41) is 0.571. The number of alkyl halides is 3. The molecule has 2 aromatic rings. The van der Waals surface area contributed by atoms with Crippen molar-refractivity contribution in [3.8, 4) is 10.6 Å². The van der Waals surface area contributed by atoms with E-state index >= 15 is 0 Å². The summed E-state index contributed by atoms with van der Waals surface area (Å²) in [4.78, 5) is 22.2. The number of benzene rings is 1. The summed E-state index contributed by atoms with van der Waals surface area (Å²) < 4.78 is 38.1. The van der Waals surface area contributed by atoms with Crippen LogP contribution in [0, 0.1) is 6.92 Å². The number of carbonyl (C=O) groups excluding carboxylic acids is 1. The topological polar surface area (TPSA) is 36.4 Å². The van der Waals surface area contributed by atoms with Gasteiger partial charge in [0.05, 0.1) is 11.3 Å². The average molecular weight is 395 g/mol. The van der Waals surface area contributed by atoms with Crippen molar-refractivity contribution in [1.29, 1.82) is 0 Å². The maximum absolute atomic E-state index is 12.9. The zero-order chi connectivity index (χ0) is 19.2. The van der Waals surface area contributed by atoms with Crippen LogP contribution in [0.15, 0.2) is 24.3 Å². The van der Waals surface area contributed by atoms with Crippen LogP contribution in [0.2, 0.25) is 0 Å². The molecule has 144 valence electrons. The van der Waals surface area contributed by atoms with E-state index in [1.54, 1.807) is 6.92 Å². The van der Waals surface area contributed by atoms with Gasteiger partial charge in [0.15, 0.2) is 0 Å². The number of rotatable bonds is 3.